The third kappa shape index (κ3) is 4.71. The van der Waals surface area contributed by atoms with E-state index in [1.807, 2.05) is 0 Å². The molecule has 3 heterocycles. The zero-order chi connectivity index (χ0) is 25.1. The van der Waals surface area contributed by atoms with Gasteiger partial charge >= 0.3 is 5.97 Å². The van der Waals surface area contributed by atoms with Crippen LogP contribution in [-0.4, -0.2) is 54.3 Å². The van der Waals surface area contributed by atoms with Crippen LogP contribution in [-0.2, 0) is 9.47 Å². The summed E-state index contributed by atoms with van der Waals surface area (Å²) in [6.45, 7) is -0.329. The van der Waals surface area contributed by atoms with Crippen LogP contribution in [0.3, 0.4) is 0 Å². The van der Waals surface area contributed by atoms with E-state index in [2.05, 4.69) is 19.7 Å². The Labute approximate surface area is 208 Å². The molecule has 1 aliphatic heterocycles. The number of ether oxygens (including phenoxy) is 2. The van der Waals surface area contributed by atoms with Gasteiger partial charge in [0.05, 0.1) is 23.4 Å². The summed E-state index contributed by atoms with van der Waals surface area (Å²) in [6.07, 6.45) is 1.18. The number of nitrogens with zero attached hydrogens (tertiary/aromatic N) is 5. The summed E-state index contributed by atoms with van der Waals surface area (Å²) in [5.74, 6) is -0.134. The molecule has 1 saturated heterocycles. The molecule has 12 nitrogen and oxygen atoms in total. The summed E-state index contributed by atoms with van der Waals surface area (Å²) < 4.78 is 16.3. The van der Waals surface area contributed by atoms with Crippen LogP contribution in [0.25, 0.3) is 11.2 Å². The van der Waals surface area contributed by atoms with Crippen LogP contribution in [0.15, 0.2) is 72.1 Å². The lowest BCUT2D eigenvalue weighted by Gasteiger charge is -2.16. The number of hydrogen-bond acceptors (Lipinski definition) is 11. The first-order valence-electron chi connectivity index (χ1n) is 10.9. The summed E-state index contributed by atoms with van der Waals surface area (Å²) in [6, 6.07) is 14.9. The molecule has 36 heavy (non-hydrogen) atoms. The molecule has 0 aliphatic carbocycles. The normalized spacial score (nSPS) is 19.3. The number of carbonyl (C=O) groups is 1. The Morgan fingerprint density at radius 2 is 1.97 bits per heavy atom. The van der Waals surface area contributed by atoms with Crippen molar-refractivity contribution in [1.82, 2.24) is 19.5 Å². The van der Waals surface area contributed by atoms with Crippen molar-refractivity contribution in [3.63, 3.8) is 0 Å². The number of benzene rings is 2. The molecule has 184 valence electrons. The fourth-order valence-corrected chi connectivity index (χ4v) is 4.62. The molecule has 5 rings (SSSR count). The van der Waals surface area contributed by atoms with Gasteiger partial charge < -0.3 is 19.3 Å². The van der Waals surface area contributed by atoms with Gasteiger partial charge in [-0.05, 0) is 30.1 Å². The minimum absolute atomic E-state index is 0.0312. The molecule has 13 heteroatoms. The van der Waals surface area contributed by atoms with Crippen LogP contribution >= 0.6 is 11.9 Å². The fraction of sp³-hybridized carbons (Fsp3) is 0.217. The van der Waals surface area contributed by atoms with Crippen molar-refractivity contribution in [2.75, 3.05) is 11.3 Å². The van der Waals surface area contributed by atoms with Crippen molar-refractivity contribution in [2.45, 2.75) is 29.8 Å². The summed E-state index contributed by atoms with van der Waals surface area (Å²) in [4.78, 5) is 36.7. The third-order valence-corrected chi connectivity index (χ3v) is 6.48. The number of carbonyl (C=O) groups excluding carboxylic acids is 1. The third-order valence-electron chi connectivity index (χ3n) is 5.62. The number of nitrogens with one attached hydrogen (secondary N) is 1. The van der Waals surface area contributed by atoms with E-state index in [0.717, 1.165) is 11.9 Å². The van der Waals surface area contributed by atoms with E-state index in [-0.39, 0.29) is 18.7 Å². The van der Waals surface area contributed by atoms with Crippen molar-refractivity contribution >= 4 is 40.6 Å². The number of fused-ring (bicyclic) bond motifs is 1. The smallest absolute Gasteiger partial charge is 0.338 e. The average molecular weight is 509 g/mol. The van der Waals surface area contributed by atoms with Crippen molar-refractivity contribution < 1.29 is 24.3 Å². The summed E-state index contributed by atoms with van der Waals surface area (Å²) in [7, 11) is 0. The van der Waals surface area contributed by atoms with E-state index in [1.165, 1.54) is 18.7 Å². The van der Waals surface area contributed by atoms with Crippen LogP contribution in [0.5, 0.6) is 0 Å². The van der Waals surface area contributed by atoms with Gasteiger partial charge in [0, 0.05) is 12.5 Å². The molecule has 2 aromatic heterocycles. The second-order valence-corrected chi connectivity index (χ2v) is 8.68. The topological polar surface area (TPSA) is 155 Å². The molecule has 2 N–H and O–H groups in total. The highest BCUT2D eigenvalue weighted by atomic mass is 32.2. The average Bonchev–Trinajstić information content (AvgIpc) is 3.52. The van der Waals surface area contributed by atoms with Gasteiger partial charge in [-0.2, -0.15) is 0 Å². The maximum atomic E-state index is 12.5. The minimum atomic E-state index is -0.714. The molecule has 3 unspecified atom stereocenters. The molecule has 0 radical (unpaired) electrons. The van der Waals surface area contributed by atoms with Gasteiger partial charge in [0.2, 0.25) is 0 Å². The highest BCUT2D eigenvalue weighted by molar-refractivity contribution is 8.00. The molecular weight excluding hydrogens is 488 g/mol. The predicted molar refractivity (Wildman–Crippen MR) is 129 cm³/mol. The molecule has 2 aromatic carbocycles. The summed E-state index contributed by atoms with van der Waals surface area (Å²) in [5, 5.41) is 21.1. The van der Waals surface area contributed by atoms with Crippen molar-refractivity contribution in [3.05, 3.63) is 82.9 Å². The Bertz CT molecular complexity index is 1400. The zero-order valence-electron chi connectivity index (χ0n) is 18.6. The molecule has 0 spiro atoms. The lowest BCUT2D eigenvalue weighted by atomic mass is 10.1. The summed E-state index contributed by atoms with van der Waals surface area (Å²) in [5.41, 5.74) is 1.26. The van der Waals surface area contributed by atoms with E-state index in [1.54, 1.807) is 53.1 Å². The number of nitro benzene ring substituents is 1. The monoisotopic (exact) mass is 508 g/mol. The van der Waals surface area contributed by atoms with Gasteiger partial charge in [0.15, 0.2) is 17.0 Å². The first kappa shape index (κ1) is 23.7. The quantitative estimate of drug-likeness (QED) is 0.156. The number of hydrogen-bond donors (Lipinski definition) is 2. The Kier molecular flexibility index (Phi) is 6.75. The van der Waals surface area contributed by atoms with Crippen LogP contribution in [0.1, 0.15) is 23.0 Å². The fourth-order valence-electron chi connectivity index (χ4n) is 3.87. The SMILES string of the molecule is O=C(OC1CC(n2cnc3c(NSc4ccccc4[N+](=O)[O-])ncnc32)OC1CO)c1ccccc1. The predicted octanol–water partition coefficient (Wildman–Crippen LogP) is 3.36. The van der Waals surface area contributed by atoms with E-state index < -0.39 is 29.3 Å². The van der Waals surface area contributed by atoms with Gasteiger partial charge in [-0.1, -0.05) is 30.3 Å². The number of para-hydroxylation sites is 1. The van der Waals surface area contributed by atoms with Gasteiger partial charge in [-0.15, -0.1) is 0 Å². The standard InChI is InChI=1S/C23H20N6O6S/c30-11-17-16(35-23(31)14-6-2-1-3-7-14)10-19(34-17)28-13-26-20-21(24-12-25-22(20)28)27-36-18-9-5-4-8-15(18)29(32)33/h1-9,12-13,16-17,19,30H,10-11H2,(H,24,25,27). The van der Waals surface area contributed by atoms with E-state index in [0.29, 0.717) is 27.4 Å². The Morgan fingerprint density at radius 3 is 2.75 bits per heavy atom. The number of esters is 1. The zero-order valence-corrected chi connectivity index (χ0v) is 19.4. The van der Waals surface area contributed by atoms with E-state index >= 15 is 0 Å². The maximum absolute atomic E-state index is 12.5. The molecular formula is C23H20N6O6S. The highest BCUT2D eigenvalue weighted by Crippen LogP contribution is 2.35. The lowest BCUT2D eigenvalue weighted by Crippen LogP contribution is -2.30. The minimum Gasteiger partial charge on any atom is -0.456 e. The number of aliphatic hydroxyl groups is 1. The van der Waals surface area contributed by atoms with Gasteiger partial charge in [0.25, 0.3) is 5.69 Å². The van der Waals surface area contributed by atoms with Crippen molar-refractivity contribution in [2.24, 2.45) is 0 Å². The Hall–Kier alpha value is -4.07. The lowest BCUT2D eigenvalue weighted by molar-refractivity contribution is -0.387. The number of nitro groups is 1. The number of rotatable bonds is 8. The van der Waals surface area contributed by atoms with Gasteiger partial charge in [-0.3, -0.25) is 14.7 Å². The molecule has 0 saturated carbocycles. The van der Waals surface area contributed by atoms with Gasteiger partial charge in [-0.25, -0.2) is 19.7 Å². The van der Waals surface area contributed by atoms with Crippen LogP contribution in [0, 0.1) is 10.1 Å². The summed E-state index contributed by atoms with van der Waals surface area (Å²) >= 11 is 1.04. The van der Waals surface area contributed by atoms with Crippen LogP contribution in [0.4, 0.5) is 11.5 Å². The number of aromatic nitrogens is 4. The molecule has 1 fully saturated rings. The van der Waals surface area contributed by atoms with Gasteiger partial charge in [0.1, 0.15) is 29.7 Å². The van der Waals surface area contributed by atoms with Crippen molar-refractivity contribution in [1.29, 1.82) is 0 Å². The maximum Gasteiger partial charge on any atom is 0.338 e. The second-order valence-electron chi connectivity index (χ2n) is 7.83. The first-order valence-corrected chi connectivity index (χ1v) is 11.7. The first-order chi connectivity index (χ1) is 17.5. The van der Waals surface area contributed by atoms with E-state index in [4.69, 9.17) is 9.47 Å². The Balaban J connectivity index is 1.34. The number of anilines is 1. The van der Waals surface area contributed by atoms with E-state index in [9.17, 15) is 20.0 Å². The Morgan fingerprint density at radius 1 is 1.19 bits per heavy atom. The molecule has 3 atom stereocenters. The highest BCUT2D eigenvalue weighted by Gasteiger charge is 2.39. The largest absolute Gasteiger partial charge is 0.456 e. The van der Waals surface area contributed by atoms with Crippen LogP contribution in [0.2, 0.25) is 0 Å². The number of imidazole rings is 1. The second kappa shape index (κ2) is 10.3. The van der Waals surface area contributed by atoms with Crippen LogP contribution < -0.4 is 4.72 Å². The molecule has 1 aliphatic rings. The molecule has 4 aromatic rings. The molecule has 0 amide bonds. The molecule has 0 bridgehead atoms. The number of aliphatic hydroxyl groups excluding tert-OH is 1. The van der Waals surface area contributed by atoms with Crippen molar-refractivity contribution in [3.8, 4) is 0 Å².